The van der Waals surface area contributed by atoms with Gasteiger partial charge in [0.15, 0.2) is 0 Å². The Morgan fingerprint density at radius 3 is 1.72 bits per heavy atom. The summed E-state index contributed by atoms with van der Waals surface area (Å²) in [6, 6.07) is 35.5. The molecule has 5 nitrogen and oxygen atoms in total. The highest BCUT2D eigenvalue weighted by Gasteiger charge is 2.24. The number of hydrogen-bond acceptors (Lipinski definition) is 2. The van der Waals surface area contributed by atoms with Crippen molar-refractivity contribution in [2.45, 2.75) is 26.2 Å². The first kappa shape index (κ1) is 25.7. The van der Waals surface area contributed by atoms with E-state index in [0.29, 0.717) is 28.2 Å². The van der Waals surface area contributed by atoms with Crippen molar-refractivity contribution in [2.24, 2.45) is 0 Å². The molecule has 0 fully saturated rings. The van der Waals surface area contributed by atoms with Gasteiger partial charge in [0, 0.05) is 39.7 Å². The van der Waals surface area contributed by atoms with Crippen molar-refractivity contribution in [3.05, 3.63) is 210 Å². The van der Waals surface area contributed by atoms with E-state index in [2.05, 4.69) is 49.6 Å². The number of ether oxygens (including phenoxy) is 1. The fraction of sp³-hybridized carbons (Fsp3) is 0.0755. The zero-order valence-corrected chi connectivity index (χ0v) is 31.9. The topological polar surface area (TPSA) is 41.1 Å². The fourth-order valence-corrected chi connectivity index (χ4v) is 7.78. The van der Waals surface area contributed by atoms with Gasteiger partial charge in [-0.05, 0) is 76.7 Å². The molecule has 0 N–H and O–H groups in total. The standard InChI is InChI=1S/C53H41N3O2/c1-53(2,3)38-32-40(34-42(33-38)58-41-30-31-46-45-24-13-14-27-47(45)54(50(46)35-41)39-22-11-6-12-23-39)55-48-28-15-16-29-49(48)56(52(55)57)51-43(36-18-7-4-8-19-36)25-17-26-44(51)37-20-9-5-10-21-37/h4-35H,1-3H3/i4D,5D,7D,8D,9D,10D,18D,19D,20D,21D. The van der Waals surface area contributed by atoms with Gasteiger partial charge in [0.25, 0.3) is 0 Å². The number of imidazole rings is 1. The molecule has 0 aliphatic carbocycles. The van der Waals surface area contributed by atoms with Crippen LogP contribution in [0.1, 0.15) is 40.0 Å². The molecule has 2 heterocycles. The highest BCUT2D eigenvalue weighted by Crippen LogP contribution is 2.39. The summed E-state index contributed by atoms with van der Waals surface area (Å²) in [5.74, 6) is 0.998. The summed E-state index contributed by atoms with van der Waals surface area (Å²) in [6.07, 6.45) is 0. The molecule has 0 bridgehead atoms. The molecule has 10 aromatic rings. The molecule has 0 amide bonds. The van der Waals surface area contributed by atoms with Crippen LogP contribution in [-0.2, 0) is 5.41 Å². The minimum atomic E-state index is -0.648. The molecule has 0 unspecified atom stereocenters. The van der Waals surface area contributed by atoms with Crippen LogP contribution in [0.3, 0.4) is 0 Å². The monoisotopic (exact) mass is 761 g/mol. The summed E-state index contributed by atoms with van der Waals surface area (Å²) < 4.78 is 98.9. The predicted octanol–water partition coefficient (Wildman–Crippen LogP) is 13.3. The maximum Gasteiger partial charge on any atom is 0.338 e. The molecule has 0 atom stereocenters. The molecule has 0 radical (unpaired) electrons. The smallest absolute Gasteiger partial charge is 0.338 e. The summed E-state index contributed by atoms with van der Waals surface area (Å²) in [4.78, 5) is 15.7. The van der Waals surface area contributed by atoms with E-state index in [9.17, 15) is 0 Å². The molecule has 0 spiro atoms. The minimum absolute atomic E-state index is 0.00656. The van der Waals surface area contributed by atoms with Crippen LogP contribution in [-0.4, -0.2) is 13.7 Å². The first-order valence-electron chi connectivity index (χ1n) is 23.9. The van der Waals surface area contributed by atoms with E-state index in [1.54, 1.807) is 30.3 Å². The van der Waals surface area contributed by atoms with E-state index in [1.165, 1.54) is 27.3 Å². The SMILES string of the molecule is [2H]c1c([2H])c([2H])c(-c2cccc(-c3c([2H])c([2H])c([2H])c([2H])c3[2H])c2-n2c(=O)n(-c3cc(Oc4ccc5c6ccccc6n(-c6ccccc6)c5c4)cc(C(C)(C)C)c3)c3ccccc32)c([2H])c1[2H]. The second-order valence-electron chi connectivity index (χ2n) is 15.1. The van der Waals surface area contributed by atoms with Crippen molar-refractivity contribution < 1.29 is 18.4 Å². The Bertz CT molecular complexity index is 3650. The van der Waals surface area contributed by atoms with Crippen LogP contribution >= 0.6 is 0 Å². The Morgan fingerprint density at radius 1 is 0.483 bits per heavy atom. The van der Waals surface area contributed by atoms with Gasteiger partial charge in [-0.15, -0.1) is 0 Å². The van der Waals surface area contributed by atoms with Gasteiger partial charge in [0.1, 0.15) is 11.5 Å². The molecule has 2 aromatic heterocycles. The fourth-order valence-electron chi connectivity index (χ4n) is 7.78. The molecule has 10 rings (SSSR count). The summed E-state index contributed by atoms with van der Waals surface area (Å²) >= 11 is 0. The summed E-state index contributed by atoms with van der Waals surface area (Å²) in [5, 5.41) is 2.14. The van der Waals surface area contributed by atoms with Gasteiger partial charge in [0.05, 0.1) is 47.1 Å². The Morgan fingerprint density at radius 2 is 1.07 bits per heavy atom. The maximum atomic E-state index is 15.7. The van der Waals surface area contributed by atoms with E-state index < -0.39 is 71.5 Å². The van der Waals surface area contributed by atoms with Gasteiger partial charge >= 0.3 is 5.69 Å². The van der Waals surface area contributed by atoms with Crippen molar-refractivity contribution in [1.29, 1.82) is 0 Å². The average molecular weight is 762 g/mol. The largest absolute Gasteiger partial charge is 0.457 e. The van der Waals surface area contributed by atoms with Crippen LogP contribution in [0.2, 0.25) is 0 Å². The lowest BCUT2D eigenvalue weighted by Crippen LogP contribution is -2.23. The Hall–Kier alpha value is -7.37. The van der Waals surface area contributed by atoms with E-state index in [4.69, 9.17) is 18.4 Å². The number of hydrogen-bond donors (Lipinski definition) is 0. The predicted molar refractivity (Wildman–Crippen MR) is 239 cm³/mol. The molecular formula is C53H41N3O2. The zero-order valence-electron chi connectivity index (χ0n) is 41.9. The third-order valence-corrected chi connectivity index (χ3v) is 10.5. The van der Waals surface area contributed by atoms with Crippen molar-refractivity contribution in [1.82, 2.24) is 13.7 Å². The first-order chi connectivity index (χ1) is 32.5. The molecule has 0 saturated heterocycles. The normalized spacial score (nSPS) is 14.2. The molecule has 58 heavy (non-hydrogen) atoms. The van der Waals surface area contributed by atoms with Gasteiger partial charge in [0.2, 0.25) is 0 Å². The second kappa shape index (κ2) is 14.0. The van der Waals surface area contributed by atoms with Gasteiger partial charge in [-0.3, -0.25) is 9.13 Å². The van der Waals surface area contributed by atoms with Crippen molar-refractivity contribution in [3.8, 4) is 50.8 Å². The van der Waals surface area contributed by atoms with Crippen molar-refractivity contribution >= 4 is 32.8 Å². The van der Waals surface area contributed by atoms with Gasteiger partial charge < -0.3 is 9.30 Å². The minimum Gasteiger partial charge on any atom is -0.457 e. The van der Waals surface area contributed by atoms with Crippen LogP contribution in [0.5, 0.6) is 11.5 Å². The van der Waals surface area contributed by atoms with Gasteiger partial charge in [-0.25, -0.2) is 4.79 Å². The Kier molecular flexibility index (Phi) is 6.20. The zero-order chi connectivity index (χ0) is 48.1. The van der Waals surface area contributed by atoms with Gasteiger partial charge in [-0.2, -0.15) is 0 Å². The highest BCUT2D eigenvalue weighted by molar-refractivity contribution is 6.09. The van der Waals surface area contributed by atoms with Crippen molar-refractivity contribution in [2.75, 3.05) is 0 Å². The quantitative estimate of drug-likeness (QED) is 0.162. The molecule has 280 valence electrons. The summed E-state index contributed by atoms with van der Waals surface area (Å²) in [7, 11) is 0. The number of para-hydroxylation sites is 5. The second-order valence-corrected chi connectivity index (χ2v) is 15.1. The average Bonchev–Trinajstić information content (AvgIpc) is 3.82. The van der Waals surface area contributed by atoms with Crippen molar-refractivity contribution in [3.63, 3.8) is 0 Å². The summed E-state index contributed by atoms with van der Waals surface area (Å²) in [6.45, 7) is 6.15. The number of nitrogens with zero attached hydrogens (tertiary/aromatic N) is 3. The highest BCUT2D eigenvalue weighted by atomic mass is 16.5. The van der Waals surface area contributed by atoms with Crippen LogP contribution in [0, 0.1) is 0 Å². The molecule has 0 aliphatic rings. The van der Waals surface area contributed by atoms with E-state index in [1.807, 2.05) is 60.7 Å². The molecule has 0 saturated carbocycles. The Labute approximate surface area is 351 Å². The molecule has 5 heteroatoms. The summed E-state index contributed by atoms with van der Waals surface area (Å²) in [5.41, 5.74) is 3.39. The van der Waals surface area contributed by atoms with Crippen LogP contribution in [0.15, 0.2) is 199 Å². The van der Waals surface area contributed by atoms with Crippen LogP contribution in [0.25, 0.3) is 72.2 Å². The maximum absolute atomic E-state index is 15.7. The number of rotatable bonds is 7. The molecular weight excluding hydrogens is 711 g/mol. The lowest BCUT2D eigenvalue weighted by atomic mass is 9.86. The molecule has 0 aliphatic heterocycles. The van der Waals surface area contributed by atoms with E-state index in [-0.39, 0.29) is 27.9 Å². The van der Waals surface area contributed by atoms with E-state index >= 15 is 4.79 Å². The third-order valence-electron chi connectivity index (χ3n) is 10.5. The van der Waals surface area contributed by atoms with Crippen LogP contribution < -0.4 is 10.4 Å². The number of aromatic nitrogens is 3. The number of fused-ring (bicyclic) bond motifs is 4. The Balaban J connectivity index is 1.24. The van der Waals surface area contributed by atoms with Gasteiger partial charge in [-0.1, -0.05) is 148 Å². The van der Waals surface area contributed by atoms with Crippen LogP contribution in [0.4, 0.5) is 0 Å². The number of benzene rings is 8. The molecule has 8 aromatic carbocycles. The lowest BCUT2D eigenvalue weighted by molar-refractivity contribution is 0.478. The van der Waals surface area contributed by atoms with E-state index in [0.717, 1.165) is 33.1 Å². The third kappa shape index (κ3) is 6.00. The first-order valence-corrected chi connectivity index (χ1v) is 18.9. The lowest BCUT2D eigenvalue weighted by Gasteiger charge is -2.22.